The summed E-state index contributed by atoms with van der Waals surface area (Å²) in [5, 5.41) is 13.3. The number of carbonyl (C=O) groups excluding carboxylic acids is 2. The number of fused-ring (bicyclic) bond motifs is 1. The molecule has 0 spiro atoms. The lowest BCUT2D eigenvalue weighted by atomic mass is 9.93. The Bertz CT molecular complexity index is 1440. The van der Waals surface area contributed by atoms with Crippen LogP contribution in [0.4, 0.5) is 5.69 Å². The maximum absolute atomic E-state index is 13.3. The Morgan fingerprint density at radius 2 is 1.92 bits per heavy atom. The SMILES string of the molecule is CC(C)N1CC(O)(C#Cc2ccc3c(c2)N(C)C(=O)C(NC(=O)c2cc(Oc4ccccc4)ccn2)CO3)C1. The highest BCUT2D eigenvalue weighted by molar-refractivity contribution is 6.03. The van der Waals surface area contributed by atoms with Gasteiger partial charge in [-0.05, 0) is 50.2 Å². The third-order valence-electron chi connectivity index (χ3n) is 6.70. The first-order valence-corrected chi connectivity index (χ1v) is 12.7. The van der Waals surface area contributed by atoms with Gasteiger partial charge in [-0.15, -0.1) is 0 Å². The number of likely N-dealkylation sites (tertiary alicyclic amines) is 1. The van der Waals surface area contributed by atoms with Gasteiger partial charge in [-0.2, -0.15) is 0 Å². The van der Waals surface area contributed by atoms with E-state index < -0.39 is 17.6 Å². The van der Waals surface area contributed by atoms with Crippen LogP contribution >= 0.6 is 0 Å². The minimum Gasteiger partial charge on any atom is -0.489 e. The van der Waals surface area contributed by atoms with E-state index in [1.54, 1.807) is 31.3 Å². The summed E-state index contributed by atoms with van der Waals surface area (Å²) in [5.74, 6) is 6.71. The molecule has 1 unspecified atom stereocenters. The summed E-state index contributed by atoms with van der Waals surface area (Å²) in [6.07, 6.45) is 1.48. The zero-order valence-electron chi connectivity index (χ0n) is 22.0. The second kappa shape index (κ2) is 10.8. The van der Waals surface area contributed by atoms with Crippen LogP contribution < -0.4 is 19.7 Å². The Labute approximate surface area is 227 Å². The smallest absolute Gasteiger partial charge is 0.270 e. The van der Waals surface area contributed by atoms with Gasteiger partial charge < -0.3 is 24.8 Å². The molecule has 1 saturated heterocycles. The molecule has 1 aromatic heterocycles. The summed E-state index contributed by atoms with van der Waals surface area (Å²) >= 11 is 0. The Morgan fingerprint density at radius 3 is 2.67 bits per heavy atom. The summed E-state index contributed by atoms with van der Waals surface area (Å²) in [4.78, 5) is 34.0. The van der Waals surface area contributed by atoms with E-state index in [4.69, 9.17) is 9.47 Å². The average molecular weight is 527 g/mol. The predicted molar refractivity (Wildman–Crippen MR) is 146 cm³/mol. The van der Waals surface area contributed by atoms with E-state index in [1.807, 2.05) is 30.3 Å². The molecular formula is C30H30N4O5. The Hall–Kier alpha value is -4.39. The van der Waals surface area contributed by atoms with Crippen molar-refractivity contribution in [2.75, 3.05) is 31.6 Å². The lowest BCUT2D eigenvalue weighted by Crippen LogP contribution is -2.62. The number of anilines is 1. The van der Waals surface area contributed by atoms with Gasteiger partial charge in [-0.3, -0.25) is 19.5 Å². The number of rotatable bonds is 5. The van der Waals surface area contributed by atoms with Gasteiger partial charge in [0.2, 0.25) is 0 Å². The highest BCUT2D eigenvalue weighted by atomic mass is 16.5. The second-order valence-electron chi connectivity index (χ2n) is 9.99. The maximum atomic E-state index is 13.3. The van der Waals surface area contributed by atoms with Crippen molar-refractivity contribution in [2.45, 2.75) is 31.5 Å². The van der Waals surface area contributed by atoms with Crippen molar-refractivity contribution < 1.29 is 24.2 Å². The van der Waals surface area contributed by atoms with E-state index in [0.29, 0.717) is 47.6 Å². The number of aromatic nitrogens is 1. The number of amides is 2. The molecule has 2 N–H and O–H groups in total. The lowest BCUT2D eigenvalue weighted by Gasteiger charge is -2.45. The number of aliphatic hydroxyl groups is 1. The van der Waals surface area contributed by atoms with Gasteiger partial charge in [-0.1, -0.05) is 30.0 Å². The monoisotopic (exact) mass is 526 g/mol. The van der Waals surface area contributed by atoms with Gasteiger partial charge in [-0.25, -0.2) is 0 Å². The number of benzene rings is 2. The van der Waals surface area contributed by atoms with Crippen LogP contribution in [-0.4, -0.2) is 71.2 Å². The minimum atomic E-state index is -1.04. The van der Waals surface area contributed by atoms with Crippen LogP contribution in [0.2, 0.25) is 0 Å². The molecule has 1 atom stereocenters. The molecule has 0 aliphatic carbocycles. The number of hydrogen-bond acceptors (Lipinski definition) is 7. The molecule has 2 aliphatic heterocycles. The molecule has 2 aliphatic rings. The summed E-state index contributed by atoms with van der Waals surface area (Å²) < 4.78 is 11.7. The molecule has 9 heteroatoms. The predicted octanol–water partition coefficient (Wildman–Crippen LogP) is 2.83. The molecular weight excluding hydrogens is 496 g/mol. The fourth-order valence-electron chi connectivity index (χ4n) is 4.39. The van der Waals surface area contributed by atoms with E-state index in [2.05, 4.69) is 40.9 Å². The fraction of sp³-hybridized carbons (Fsp3) is 0.300. The molecule has 0 radical (unpaired) electrons. The number of ether oxygens (including phenoxy) is 2. The van der Waals surface area contributed by atoms with Gasteiger partial charge in [0.1, 0.15) is 35.6 Å². The minimum absolute atomic E-state index is 0.0437. The van der Waals surface area contributed by atoms with E-state index in [9.17, 15) is 14.7 Å². The first-order valence-electron chi connectivity index (χ1n) is 12.7. The molecule has 3 aromatic rings. The van der Waals surface area contributed by atoms with Crippen LogP contribution in [0.15, 0.2) is 66.9 Å². The van der Waals surface area contributed by atoms with Crippen LogP contribution in [0.1, 0.15) is 29.9 Å². The second-order valence-corrected chi connectivity index (χ2v) is 9.99. The summed E-state index contributed by atoms with van der Waals surface area (Å²) in [7, 11) is 1.62. The number of carbonyl (C=O) groups is 2. The zero-order valence-corrected chi connectivity index (χ0v) is 22.0. The van der Waals surface area contributed by atoms with Crippen LogP contribution in [0.25, 0.3) is 0 Å². The van der Waals surface area contributed by atoms with Crippen LogP contribution in [0.3, 0.4) is 0 Å². The fourth-order valence-corrected chi connectivity index (χ4v) is 4.39. The first-order chi connectivity index (χ1) is 18.7. The summed E-state index contributed by atoms with van der Waals surface area (Å²) in [5.41, 5.74) is 0.255. The van der Waals surface area contributed by atoms with Crippen LogP contribution in [0.5, 0.6) is 17.2 Å². The summed E-state index contributed by atoms with van der Waals surface area (Å²) in [6.45, 7) is 5.12. The topological polar surface area (TPSA) is 104 Å². The maximum Gasteiger partial charge on any atom is 0.270 e. The number of β-amino-alcohol motifs (C(OH)–C–C–N with tert-alkyl or cyclic N) is 1. The Kier molecular flexibility index (Phi) is 7.24. The number of hydrogen-bond donors (Lipinski definition) is 2. The zero-order chi connectivity index (χ0) is 27.6. The van der Waals surface area contributed by atoms with Crippen molar-refractivity contribution in [3.8, 4) is 29.1 Å². The molecule has 39 heavy (non-hydrogen) atoms. The molecule has 0 bridgehead atoms. The van der Waals surface area contributed by atoms with Crippen molar-refractivity contribution in [3.05, 3.63) is 78.1 Å². The van der Waals surface area contributed by atoms with Crippen molar-refractivity contribution >= 4 is 17.5 Å². The third kappa shape index (κ3) is 5.87. The van der Waals surface area contributed by atoms with Gasteiger partial charge >= 0.3 is 0 Å². The standard InChI is InChI=1S/C30H30N4O5/c1-20(2)34-18-30(37,19-34)13-11-21-9-10-27-26(15-21)33(3)29(36)25(17-38-27)32-28(35)24-16-23(12-14-31-24)39-22-7-5-4-6-8-22/h4-10,12,14-16,20,25,37H,17-19H2,1-3H3,(H,32,35). The van der Waals surface area contributed by atoms with Crippen LogP contribution in [-0.2, 0) is 4.79 Å². The van der Waals surface area contributed by atoms with E-state index in [0.717, 1.165) is 0 Å². The third-order valence-corrected chi connectivity index (χ3v) is 6.70. The highest BCUT2D eigenvalue weighted by Crippen LogP contribution is 2.32. The molecule has 2 amide bonds. The van der Waals surface area contributed by atoms with Crippen molar-refractivity contribution in [1.82, 2.24) is 15.2 Å². The first kappa shape index (κ1) is 26.2. The molecule has 5 rings (SSSR count). The van der Waals surface area contributed by atoms with E-state index in [1.165, 1.54) is 17.2 Å². The summed E-state index contributed by atoms with van der Waals surface area (Å²) in [6, 6.07) is 17.1. The van der Waals surface area contributed by atoms with Crippen molar-refractivity contribution in [1.29, 1.82) is 0 Å². The van der Waals surface area contributed by atoms with Crippen molar-refractivity contribution in [2.24, 2.45) is 0 Å². The lowest BCUT2D eigenvalue weighted by molar-refractivity contribution is -0.120. The number of likely N-dealkylation sites (N-methyl/N-ethyl adjacent to an activating group) is 1. The normalized spacial score (nSPS) is 18.1. The van der Waals surface area contributed by atoms with Crippen molar-refractivity contribution in [3.63, 3.8) is 0 Å². The largest absolute Gasteiger partial charge is 0.489 e. The number of nitrogens with zero attached hydrogens (tertiary/aromatic N) is 3. The van der Waals surface area contributed by atoms with Gasteiger partial charge in [0.15, 0.2) is 5.60 Å². The molecule has 3 heterocycles. The molecule has 200 valence electrons. The Balaban J connectivity index is 1.26. The number of para-hydroxylation sites is 1. The van der Waals surface area contributed by atoms with Gasteiger partial charge in [0.25, 0.3) is 11.8 Å². The molecule has 1 fully saturated rings. The van der Waals surface area contributed by atoms with E-state index in [-0.39, 0.29) is 18.2 Å². The van der Waals surface area contributed by atoms with Gasteiger partial charge in [0, 0.05) is 44.0 Å². The quantitative estimate of drug-likeness (QED) is 0.493. The number of nitrogens with one attached hydrogen (secondary N) is 1. The van der Waals surface area contributed by atoms with Crippen LogP contribution in [0, 0.1) is 11.8 Å². The highest BCUT2D eigenvalue weighted by Gasteiger charge is 2.40. The van der Waals surface area contributed by atoms with Gasteiger partial charge in [0.05, 0.1) is 5.69 Å². The molecule has 0 saturated carbocycles. The number of pyridine rings is 1. The molecule has 2 aromatic carbocycles. The molecule has 9 nitrogen and oxygen atoms in total. The average Bonchev–Trinajstić information content (AvgIpc) is 3.03. The Morgan fingerprint density at radius 1 is 1.15 bits per heavy atom. The van der Waals surface area contributed by atoms with E-state index >= 15 is 0 Å².